The number of rotatable bonds is 4. The summed E-state index contributed by atoms with van der Waals surface area (Å²) in [5, 5.41) is 12.0. The molecule has 1 fully saturated rings. The second-order valence-electron chi connectivity index (χ2n) is 3.58. The maximum Gasteiger partial charge on any atom is 0.110 e. The third-order valence-corrected chi connectivity index (χ3v) is 3.32. The van der Waals surface area contributed by atoms with Crippen LogP contribution in [-0.2, 0) is 16.0 Å². The van der Waals surface area contributed by atoms with Gasteiger partial charge in [0.15, 0.2) is 0 Å². The monoisotopic (exact) mass is 238 g/mol. The van der Waals surface area contributed by atoms with E-state index in [9.17, 15) is 0 Å². The molecule has 1 aromatic heterocycles. The molecule has 86 valence electrons. The smallest absolute Gasteiger partial charge is 0.110 e. The zero-order chi connectivity index (χ0) is 11.2. The maximum absolute atomic E-state index is 8.68. The van der Waals surface area contributed by atoms with E-state index in [1.54, 1.807) is 0 Å². The molecule has 0 aromatic carbocycles. The van der Waals surface area contributed by atoms with Gasteiger partial charge in [-0.05, 0) is 12.1 Å². The third kappa shape index (κ3) is 3.29. The highest BCUT2D eigenvalue weighted by Gasteiger charge is 2.13. The van der Waals surface area contributed by atoms with Crippen LogP contribution in [-0.4, -0.2) is 32.5 Å². The van der Waals surface area contributed by atoms with E-state index < -0.39 is 0 Å². The molecule has 5 heteroatoms. The van der Waals surface area contributed by atoms with Crippen LogP contribution in [0, 0.1) is 11.3 Å². The van der Waals surface area contributed by atoms with Crippen LogP contribution in [0.5, 0.6) is 0 Å². The summed E-state index contributed by atoms with van der Waals surface area (Å²) < 4.78 is 10.8. The van der Waals surface area contributed by atoms with Gasteiger partial charge in [-0.15, -0.1) is 11.3 Å². The fourth-order valence-electron chi connectivity index (χ4n) is 1.54. The van der Waals surface area contributed by atoms with E-state index in [-0.39, 0.29) is 6.10 Å². The van der Waals surface area contributed by atoms with E-state index in [1.807, 2.05) is 12.1 Å². The van der Waals surface area contributed by atoms with Crippen LogP contribution in [0.2, 0.25) is 0 Å². The minimum absolute atomic E-state index is 0.157. The molecule has 0 spiro atoms. The first-order valence-electron chi connectivity index (χ1n) is 5.27. The van der Waals surface area contributed by atoms with Crippen molar-refractivity contribution in [2.45, 2.75) is 12.6 Å². The molecule has 1 aromatic rings. The summed E-state index contributed by atoms with van der Waals surface area (Å²) in [4.78, 5) is 1.93. The van der Waals surface area contributed by atoms with Crippen LogP contribution in [0.25, 0.3) is 0 Å². The van der Waals surface area contributed by atoms with Gasteiger partial charge < -0.3 is 14.8 Å². The van der Waals surface area contributed by atoms with Crippen molar-refractivity contribution in [3.05, 3.63) is 21.9 Å². The van der Waals surface area contributed by atoms with Crippen LogP contribution in [0.1, 0.15) is 9.75 Å². The number of nitrogens with zero attached hydrogens (tertiary/aromatic N) is 1. The van der Waals surface area contributed by atoms with Gasteiger partial charge in [0.1, 0.15) is 10.9 Å². The molecule has 0 radical (unpaired) electrons. The number of hydrogen-bond acceptors (Lipinski definition) is 5. The Labute approximate surface area is 98.8 Å². The first kappa shape index (κ1) is 11.6. The Hall–Kier alpha value is -0.930. The lowest BCUT2D eigenvalue weighted by Gasteiger charge is -2.22. The Bertz CT molecular complexity index is 366. The predicted octanol–water partition coefficient (Wildman–Crippen LogP) is 1.12. The summed E-state index contributed by atoms with van der Waals surface area (Å²) in [5.41, 5.74) is 0. The van der Waals surface area contributed by atoms with Gasteiger partial charge in [-0.3, -0.25) is 0 Å². The molecule has 0 saturated carbocycles. The summed E-state index contributed by atoms with van der Waals surface area (Å²) >= 11 is 1.52. The van der Waals surface area contributed by atoms with Crippen LogP contribution < -0.4 is 5.32 Å². The summed E-state index contributed by atoms with van der Waals surface area (Å²) in [6.45, 7) is 3.63. The summed E-state index contributed by atoms with van der Waals surface area (Å²) in [6, 6.07) is 5.96. The average molecular weight is 238 g/mol. The SMILES string of the molecule is N#Cc1ccc(CNCC2COCCO2)s1. The molecule has 4 nitrogen and oxygen atoms in total. The van der Waals surface area contributed by atoms with E-state index >= 15 is 0 Å². The van der Waals surface area contributed by atoms with Gasteiger partial charge in [0, 0.05) is 18.0 Å². The minimum atomic E-state index is 0.157. The summed E-state index contributed by atoms with van der Waals surface area (Å²) in [6.07, 6.45) is 0.157. The lowest BCUT2D eigenvalue weighted by Crippen LogP contribution is -2.37. The number of nitriles is 1. The van der Waals surface area contributed by atoms with Crippen molar-refractivity contribution in [1.82, 2.24) is 5.32 Å². The van der Waals surface area contributed by atoms with Gasteiger partial charge in [-0.25, -0.2) is 0 Å². The molecule has 1 atom stereocenters. The topological polar surface area (TPSA) is 54.3 Å². The van der Waals surface area contributed by atoms with E-state index in [1.165, 1.54) is 16.2 Å². The van der Waals surface area contributed by atoms with Gasteiger partial charge in [0.2, 0.25) is 0 Å². The summed E-state index contributed by atoms with van der Waals surface area (Å²) in [5.74, 6) is 0. The first-order chi connectivity index (χ1) is 7.88. The molecule has 2 heterocycles. The van der Waals surface area contributed by atoms with Gasteiger partial charge in [0.05, 0.1) is 25.9 Å². The zero-order valence-electron chi connectivity index (χ0n) is 8.94. The molecule has 0 bridgehead atoms. The van der Waals surface area contributed by atoms with Crippen molar-refractivity contribution < 1.29 is 9.47 Å². The van der Waals surface area contributed by atoms with Crippen molar-refractivity contribution in [1.29, 1.82) is 5.26 Å². The molecule has 1 saturated heterocycles. The number of thiophene rings is 1. The van der Waals surface area contributed by atoms with Crippen LogP contribution in [0.15, 0.2) is 12.1 Å². The quantitative estimate of drug-likeness (QED) is 0.854. The molecular formula is C11H14N2O2S. The molecule has 1 unspecified atom stereocenters. The highest BCUT2D eigenvalue weighted by molar-refractivity contribution is 7.12. The molecule has 1 N–H and O–H groups in total. The largest absolute Gasteiger partial charge is 0.376 e. The Morgan fingerprint density at radius 3 is 3.12 bits per heavy atom. The number of ether oxygens (including phenoxy) is 2. The van der Waals surface area contributed by atoms with E-state index in [0.29, 0.717) is 19.8 Å². The third-order valence-electron chi connectivity index (χ3n) is 2.33. The number of hydrogen-bond donors (Lipinski definition) is 1. The van der Waals surface area contributed by atoms with Gasteiger partial charge in [0.25, 0.3) is 0 Å². The van der Waals surface area contributed by atoms with Crippen LogP contribution >= 0.6 is 11.3 Å². The minimum Gasteiger partial charge on any atom is -0.376 e. The first-order valence-corrected chi connectivity index (χ1v) is 6.09. The average Bonchev–Trinajstić information content (AvgIpc) is 2.78. The molecular weight excluding hydrogens is 224 g/mol. The van der Waals surface area contributed by atoms with E-state index in [0.717, 1.165) is 18.0 Å². The van der Waals surface area contributed by atoms with Crippen molar-refractivity contribution in [2.24, 2.45) is 0 Å². The highest BCUT2D eigenvalue weighted by Crippen LogP contribution is 2.14. The van der Waals surface area contributed by atoms with Crippen molar-refractivity contribution in [3.8, 4) is 6.07 Å². The van der Waals surface area contributed by atoms with Gasteiger partial charge in [-0.2, -0.15) is 5.26 Å². The second-order valence-corrected chi connectivity index (χ2v) is 4.74. The Kier molecular flexibility index (Phi) is 4.31. The molecule has 1 aliphatic rings. The molecule has 0 amide bonds. The van der Waals surface area contributed by atoms with Crippen molar-refractivity contribution in [3.63, 3.8) is 0 Å². The molecule has 1 aliphatic heterocycles. The lowest BCUT2D eigenvalue weighted by molar-refractivity contribution is -0.0864. The normalized spacial score (nSPS) is 20.6. The molecule has 2 rings (SSSR count). The van der Waals surface area contributed by atoms with Gasteiger partial charge in [-0.1, -0.05) is 0 Å². The highest BCUT2D eigenvalue weighted by atomic mass is 32.1. The standard InChI is InChI=1S/C11H14N2O2S/c12-5-10-1-2-11(16-10)7-13-6-9-8-14-3-4-15-9/h1-2,9,13H,3-4,6-8H2. The Morgan fingerprint density at radius 1 is 1.50 bits per heavy atom. The molecule has 0 aliphatic carbocycles. The molecule has 16 heavy (non-hydrogen) atoms. The fraction of sp³-hybridized carbons (Fsp3) is 0.545. The Morgan fingerprint density at radius 2 is 2.44 bits per heavy atom. The zero-order valence-corrected chi connectivity index (χ0v) is 9.76. The fourth-order valence-corrected chi connectivity index (χ4v) is 2.32. The summed E-state index contributed by atoms with van der Waals surface area (Å²) in [7, 11) is 0. The van der Waals surface area contributed by atoms with Crippen LogP contribution in [0.4, 0.5) is 0 Å². The second kappa shape index (κ2) is 5.97. The van der Waals surface area contributed by atoms with E-state index in [2.05, 4.69) is 11.4 Å². The van der Waals surface area contributed by atoms with Crippen molar-refractivity contribution >= 4 is 11.3 Å². The van der Waals surface area contributed by atoms with E-state index in [4.69, 9.17) is 14.7 Å². The predicted molar refractivity (Wildman–Crippen MR) is 61.3 cm³/mol. The number of nitrogens with one attached hydrogen (secondary N) is 1. The maximum atomic E-state index is 8.68. The van der Waals surface area contributed by atoms with Crippen LogP contribution in [0.3, 0.4) is 0 Å². The Balaban J connectivity index is 1.69. The van der Waals surface area contributed by atoms with Crippen molar-refractivity contribution in [2.75, 3.05) is 26.4 Å². The lowest BCUT2D eigenvalue weighted by atomic mass is 10.3. The van der Waals surface area contributed by atoms with Gasteiger partial charge >= 0.3 is 0 Å².